The van der Waals surface area contributed by atoms with Gasteiger partial charge in [-0.05, 0) is 90.7 Å². The van der Waals surface area contributed by atoms with E-state index in [1.165, 1.54) is 42.5 Å². The Hall–Kier alpha value is -2.70. The summed E-state index contributed by atoms with van der Waals surface area (Å²) in [4.78, 5) is 1.24. The summed E-state index contributed by atoms with van der Waals surface area (Å²) in [6.45, 7) is 5.71. The topological polar surface area (TPSA) is 172 Å². The normalized spacial score (nSPS) is 12.8. The van der Waals surface area contributed by atoms with Gasteiger partial charge in [0.2, 0.25) is 0 Å². The van der Waals surface area contributed by atoms with Crippen molar-refractivity contribution in [3.8, 4) is 0 Å². The molecule has 0 amide bonds. The van der Waals surface area contributed by atoms with E-state index in [2.05, 4.69) is 0 Å². The number of hydrogen-bond donors (Lipinski definition) is 2. The molecule has 268 valence electrons. The minimum atomic E-state index is -4.61. The maximum absolute atomic E-state index is 12.5. The van der Waals surface area contributed by atoms with Gasteiger partial charge in [-0.15, -0.1) is 0 Å². The molecule has 5 rings (SSSR count). The van der Waals surface area contributed by atoms with Gasteiger partial charge in [0.1, 0.15) is 21.6 Å². The smallest absolute Gasteiger partial charge is 0.295 e. The fraction of sp³-hybridized carbons (Fsp3) is 0.162. The van der Waals surface area contributed by atoms with Crippen molar-refractivity contribution in [2.75, 3.05) is 18.0 Å². The SMILES string of the molecule is CCN(Cc1cccc(S(=O)(=O)[O-])c1)c1ccc(C(=C2C=CC(=[N+](CC)Cc3cccc(S(=O)(=O)O)c3)C=C2)c2ccccc2S(=O)(=O)O)cc1.[Na].[Na]. The Morgan fingerprint density at radius 1 is 0.698 bits per heavy atom. The summed E-state index contributed by atoms with van der Waals surface area (Å²) in [5, 5.41) is 0. The van der Waals surface area contributed by atoms with Crippen LogP contribution in [0.25, 0.3) is 5.57 Å². The second kappa shape index (κ2) is 18.8. The number of rotatable bonds is 12. The molecule has 0 spiro atoms. The summed E-state index contributed by atoms with van der Waals surface area (Å²) in [6, 6.07) is 25.5. The maximum atomic E-state index is 12.5. The van der Waals surface area contributed by atoms with Crippen LogP contribution in [0.15, 0.2) is 142 Å². The quantitative estimate of drug-likeness (QED) is 0.114. The van der Waals surface area contributed by atoms with Crippen LogP contribution in [0.1, 0.15) is 36.1 Å². The molecule has 11 nitrogen and oxygen atoms in total. The predicted octanol–water partition coefficient (Wildman–Crippen LogP) is 4.95. The summed E-state index contributed by atoms with van der Waals surface area (Å²) in [6.07, 6.45) is 7.41. The number of nitrogens with zero attached hydrogens (tertiary/aromatic N) is 2. The van der Waals surface area contributed by atoms with Crippen LogP contribution in [0.5, 0.6) is 0 Å². The predicted molar refractivity (Wildman–Crippen MR) is 205 cm³/mol. The molecule has 0 saturated carbocycles. The second-order valence-electron chi connectivity index (χ2n) is 11.7. The molecular weight excluding hydrogens is 759 g/mol. The van der Waals surface area contributed by atoms with Crippen LogP contribution < -0.4 is 4.90 Å². The van der Waals surface area contributed by atoms with Gasteiger partial charge in [-0.25, -0.2) is 13.0 Å². The summed E-state index contributed by atoms with van der Waals surface area (Å²) < 4.78 is 105. The Bertz CT molecular complexity index is 2410. The van der Waals surface area contributed by atoms with Crippen LogP contribution in [0.4, 0.5) is 5.69 Å². The fourth-order valence-corrected chi connectivity index (χ4v) is 7.66. The van der Waals surface area contributed by atoms with Gasteiger partial charge in [-0.1, -0.05) is 54.6 Å². The van der Waals surface area contributed by atoms with Crippen molar-refractivity contribution in [1.82, 2.24) is 0 Å². The van der Waals surface area contributed by atoms with Crippen LogP contribution in [-0.4, -0.2) is 121 Å². The zero-order valence-corrected chi connectivity index (χ0v) is 36.2. The Morgan fingerprint density at radius 3 is 1.85 bits per heavy atom. The molecule has 0 aliphatic heterocycles. The van der Waals surface area contributed by atoms with E-state index in [9.17, 15) is 38.9 Å². The molecule has 1 aliphatic rings. The average Bonchev–Trinajstić information content (AvgIpc) is 3.10. The summed E-state index contributed by atoms with van der Waals surface area (Å²) in [5.74, 6) is 0. The van der Waals surface area contributed by atoms with Gasteiger partial charge in [0, 0.05) is 101 Å². The molecule has 0 atom stereocenters. The molecule has 0 bridgehead atoms. The zero-order valence-electron chi connectivity index (χ0n) is 29.7. The van der Waals surface area contributed by atoms with E-state index in [1.54, 1.807) is 30.3 Å². The molecule has 0 heterocycles. The van der Waals surface area contributed by atoms with Gasteiger partial charge < -0.3 is 9.45 Å². The van der Waals surface area contributed by atoms with Crippen molar-refractivity contribution in [1.29, 1.82) is 0 Å². The molecule has 2 N–H and O–H groups in total. The van der Waals surface area contributed by atoms with E-state index in [0.717, 1.165) is 11.4 Å². The molecule has 1 aliphatic carbocycles. The first kappa shape index (κ1) is 44.7. The zero-order chi connectivity index (χ0) is 37.0. The van der Waals surface area contributed by atoms with Crippen LogP contribution in [-0.2, 0) is 43.4 Å². The molecule has 16 heteroatoms. The number of hydrogen-bond acceptors (Lipinski definition) is 8. The van der Waals surface area contributed by atoms with E-state index in [4.69, 9.17) is 0 Å². The molecule has 2 radical (unpaired) electrons. The summed E-state index contributed by atoms with van der Waals surface area (Å²) >= 11 is 0. The van der Waals surface area contributed by atoms with E-state index < -0.39 is 30.4 Å². The Morgan fingerprint density at radius 2 is 1.28 bits per heavy atom. The van der Waals surface area contributed by atoms with E-state index in [-0.39, 0.29) is 79.4 Å². The van der Waals surface area contributed by atoms with Crippen LogP contribution >= 0.6 is 0 Å². The Labute approximate surface area is 355 Å². The molecule has 0 saturated heterocycles. The number of benzene rings is 4. The minimum Gasteiger partial charge on any atom is -0.744 e. The van der Waals surface area contributed by atoms with Crippen LogP contribution in [0.3, 0.4) is 0 Å². The first-order valence-electron chi connectivity index (χ1n) is 15.8. The Balaban J connectivity index is 0.00000378. The summed E-state index contributed by atoms with van der Waals surface area (Å²) in [5.41, 5.74) is 5.08. The van der Waals surface area contributed by atoms with E-state index in [0.29, 0.717) is 54.0 Å². The number of allylic oxidation sites excluding steroid dienone is 5. The first-order chi connectivity index (χ1) is 24.1. The largest absolute Gasteiger partial charge is 0.744 e. The third-order valence-electron chi connectivity index (χ3n) is 8.37. The second-order valence-corrected chi connectivity index (χ2v) is 15.9. The van der Waals surface area contributed by atoms with Crippen molar-refractivity contribution in [2.24, 2.45) is 0 Å². The Kier molecular flexibility index (Phi) is 15.8. The maximum Gasteiger partial charge on any atom is 0.295 e. The molecule has 4 aromatic carbocycles. The molecule has 53 heavy (non-hydrogen) atoms. The molecule has 0 fully saturated rings. The number of anilines is 1. The van der Waals surface area contributed by atoms with E-state index >= 15 is 0 Å². The van der Waals surface area contributed by atoms with Crippen molar-refractivity contribution in [2.45, 2.75) is 41.6 Å². The van der Waals surface area contributed by atoms with Gasteiger partial charge in [-0.3, -0.25) is 9.11 Å². The standard InChI is InChI=1S/C37H36N2O9S3.2Na/c1-3-38(25-27-9-7-11-33(23-27)49(40,41)42)31-19-15-29(16-20-31)37(35-13-5-6-14-36(35)51(46,47)48)30-17-21-32(22-18-30)39(4-2)26-28-10-8-12-34(24-28)50(43,44)45;;/h5-24H,3-4,25-26H2,1-2H3,(H2-,40,41,42,43,44,45,46,47,48);;. The first-order valence-corrected chi connectivity index (χ1v) is 20.1. The van der Waals surface area contributed by atoms with Gasteiger partial charge in [0.05, 0.1) is 9.79 Å². The van der Waals surface area contributed by atoms with Crippen molar-refractivity contribution >= 4 is 106 Å². The van der Waals surface area contributed by atoms with Gasteiger partial charge >= 0.3 is 0 Å². The fourth-order valence-electron chi connectivity index (χ4n) is 5.87. The third-order valence-corrected chi connectivity index (χ3v) is 11.0. The molecule has 0 unspecified atom stereocenters. The van der Waals surface area contributed by atoms with Crippen molar-refractivity contribution in [3.63, 3.8) is 0 Å². The van der Waals surface area contributed by atoms with Crippen molar-refractivity contribution < 1.29 is 43.5 Å². The summed E-state index contributed by atoms with van der Waals surface area (Å²) in [7, 11) is -13.6. The third kappa shape index (κ3) is 11.4. The minimum absolute atomic E-state index is 0. The molecule has 4 aromatic rings. The monoisotopic (exact) mass is 794 g/mol. The molecule has 0 aromatic heterocycles. The van der Waals surface area contributed by atoms with Gasteiger partial charge in [0.25, 0.3) is 20.2 Å². The average molecular weight is 795 g/mol. The van der Waals surface area contributed by atoms with E-state index in [1.807, 2.05) is 71.9 Å². The van der Waals surface area contributed by atoms with Gasteiger partial charge in [-0.2, -0.15) is 16.8 Å². The van der Waals surface area contributed by atoms with Crippen LogP contribution in [0, 0.1) is 0 Å². The molecular formula is C37H36N2Na2O9S3. The van der Waals surface area contributed by atoms with Crippen molar-refractivity contribution in [3.05, 3.63) is 149 Å². The van der Waals surface area contributed by atoms with Gasteiger partial charge in [0.15, 0.2) is 12.3 Å². The van der Waals surface area contributed by atoms with Crippen LogP contribution in [0.2, 0.25) is 0 Å².